The van der Waals surface area contributed by atoms with Crippen molar-refractivity contribution in [3.63, 3.8) is 0 Å². The molecule has 0 saturated heterocycles. The van der Waals surface area contributed by atoms with Gasteiger partial charge in [-0.1, -0.05) is 0 Å². The van der Waals surface area contributed by atoms with Crippen LogP contribution in [0.1, 0.15) is 24.1 Å². The zero-order valence-corrected chi connectivity index (χ0v) is 14.3. The van der Waals surface area contributed by atoms with Crippen molar-refractivity contribution in [3.05, 3.63) is 23.3 Å². The maximum absolute atomic E-state index is 12.2. The molecule has 0 bridgehead atoms. The number of phenolic OH excluding ortho intramolecular Hbond substituents is 1. The number of nitrogens with zero attached hydrogens (tertiary/aromatic N) is 2. The number of likely N-dealkylation sites (N-methyl/N-ethyl adjacent to an activating group) is 1. The van der Waals surface area contributed by atoms with E-state index < -0.39 is 7.75 Å². The first-order valence-corrected chi connectivity index (χ1v) is 8.28. The van der Waals surface area contributed by atoms with Crippen molar-refractivity contribution >= 4 is 13.6 Å². The number of aromatic hydroxyl groups is 1. The van der Waals surface area contributed by atoms with Gasteiger partial charge in [0.2, 0.25) is 0 Å². The second kappa shape index (κ2) is 6.28. The van der Waals surface area contributed by atoms with Gasteiger partial charge in [-0.3, -0.25) is 9.05 Å². The number of fused-ring (bicyclic) bond motifs is 1. The Morgan fingerprint density at radius 2 is 1.95 bits per heavy atom. The van der Waals surface area contributed by atoms with Crippen LogP contribution in [0.15, 0.2) is 16.9 Å². The van der Waals surface area contributed by atoms with Crippen molar-refractivity contribution in [2.75, 3.05) is 28.4 Å². The summed E-state index contributed by atoms with van der Waals surface area (Å²) in [5, 5.41) is 9.95. The van der Waals surface area contributed by atoms with Crippen LogP contribution in [0, 0.1) is 0 Å². The summed E-state index contributed by atoms with van der Waals surface area (Å²) < 4.78 is 31.3. The minimum Gasteiger partial charge on any atom is -0.504 e. The molecule has 0 aliphatic carbocycles. The molecule has 1 aliphatic rings. The Labute approximate surface area is 130 Å². The highest BCUT2D eigenvalue weighted by molar-refractivity contribution is 7.52. The van der Waals surface area contributed by atoms with Gasteiger partial charge in [-0.05, 0) is 30.2 Å². The van der Waals surface area contributed by atoms with Gasteiger partial charge in [0.1, 0.15) is 5.84 Å². The number of hydrogen-bond donors (Lipinski definition) is 1. The predicted octanol–water partition coefficient (Wildman–Crippen LogP) is 2.75. The molecule has 1 N–H and O–H groups in total. The molecule has 1 aliphatic heterocycles. The second-order valence-corrected chi connectivity index (χ2v) is 6.90. The second-order valence-electron chi connectivity index (χ2n) is 5.04. The standard InChI is InChI=1S/C14H21N2O5P/c1-9-11-8-13(19-3)12(17)6-10(11)7-14(16(9)2)15-22(18,20-4)21-5/h6,8-9,17H,7H2,1-5H3/b15-14-. The Kier molecular flexibility index (Phi) is 4.80. The van der Waals surface area contributed by atoms with Gasteiger partial charge >= 0.3 is 7.75 Å². The Hall–Kier alpha value is -1.56. The number of phenols is 1. The van der Waals surface area contributed by atoms with Crippen LogP contribution in [-0.4, -0.2) is 44.2 Å². The lowest BCUT2D eigenvalue weighted by molar-refractivity contribution is 0.275. The number of rotatable bonds is 4. The molecule has 0 amide bonds. The van der Waals surface area contributed by atoms with Gasteiger partial charge in [0.25, 0.3) is 0 Å². The van der Waals surface area contributed by atoms with Crippen molar-refractivity contribution in [2.45, 2.75) is 19.4 Å². The SMILES string of the molecule is COc1cc2c(cc1O)C/C(=N/P(=O)(OC)OC)N(C)C2C. The number of hydrogen-bond acceptors (Lipinski definition) is 5. The average Bonchev–Trinajstić information content (AvgIpc) is 2.52. The fraction of sp³-hybridized carbons (Fsp3) is 0.500. The minimum atomic E-state index is -3.49. The fourth-order valence-electron chi connectivity index (χ4n) is 2.46. The predicted molar refractivity (Wildman–Crippen MR) is 83.6 cm³/mol. The lowest BCUT2D eigenvalue weighted by Gasteiger charge is -2.35. The van der Waals surface area contributed by atoms with Crippen LogP contribution < -0.4 is 4.74 Å². The van der Waals surface area contributed by atoms with E-state index in [1.807, 2.05) is 24.9 Å². The van der Waals surface area contributed by atoms with E-state index in [0.29, 0.717) is 18.0 Å². The van der Waals surface area contributed by atoms with Crippen LogP contribution in [0.2, 0.25) is 0 Å². The van der Waals surface area contributed by atoms with E-state index >= 15 is 0 Å². The van der Waals surface area contributed by atoms with Crippen molar-refractivity contribution in [1.29, 1.82) is 0 Å². The number of ether oxygens (including phenoxy) is 1. The highest BCUT2D eigenvalue weighted by atomic mass is 31.2. The highest BCUT2D eigenvalue weighted by Gasteiger charge is 2.30. The summed E-state index contributed by atoms with van der Waals surface area (Å²) >= 11 is 0. The first kappa shape index (κ1) is 16.8. The Morgan fingerprint density at radius 1 is 1.32 bits per heavy atom. The van der Waals surface area contributed by atoms with E-state index in [0.717, 1.165) is 11.1 Å². The van der Waals surface area contributed by atoms with Crippen molar-refractivity contribution in [2.24, 2.45) is 4.76 Å². The summed E-state index contributed by atoms with van der Waals surface area (Å²) in [4.78, 5) is 1.91. The van der Waals surface area contributed by atoms with E-state index in [9.17, 15) is 9.67 Å². The molecule has 0 fully saturated rings. The largest absolute Gasteiger partial charge is 0.504 e. The van der Waals surface area contributed by atoms with Gasteiger partial charge in [-0.25, -0.2) is 4.57 Å². The van der Waals surface area contributed by atoms with E-state index in [4.69, 9.17) is 13.8 Å². The third-order valence-corrected chi connectivity index (χ3v) is 5.33. The highest BCUT2D eigenvalue weighted by Crippen LogP contribution is 2.49. The third kappa shape index (κ3) is 2.97. The van der Waals surface area contributed by atoms with Crippen molar-refractivity contribution in [1.82, 2.24) is 4.90 Å². The molecule has 2 rings (SSSR count). The molecule has 1 unspecified atom stereocenters. The molecule has 1 aromatic rings. The van der Waals surface area contributed by atoms with Crippen LogP contribution in [0.4, 0.5) is 0 Å². The third-order valence-electron chi connectivity index (χ3n) is 3.93. The average molecular weight is 328 g/mol. The van der Waals surface area contributed by atoms with Crippen LogP contribution >= 0.6 is 7.75 Å². The zero-order chi connectivity index (χ0) is 16.5. The lowest BCUT2D eigenvalue weighted by Crippen LogP contribution is -2.36. The molecule has 1 heterocycles. The smallest absolute Gasteiger partial charge is 0.454 e. The molecule has 0 spiro atoms. The molecular weight excluding hydrogens is 307 g/mol. The summed E-state index contributed by atoms with van der Waals surface area (Å²) in [7, 11) is 2.48. The fourth-order valence-corrected chi connectivity index (χ4v) is 3.27. The molecule has 122 valence electrons. The molecule has 8 heteroatoms. The maximum Gasteiger partial charge on any atom is 0.454 e. The molecule has 0 saturated carbocycles. The zero-order valence-electron chi connectivity index (χ0n) is 13.4. The normalized spacial score (nSPS) is 20.1. The Bertz CT molecular complexity index is 638. The van der Waals surface area contributed by atoms with Gasteiger partial charge in [-0.15, -0.1) is 0 Å². The molecule has 0 aromatic heterocycles. The van der Waals surface area contributed by atoms with E-state index in [2.05, 4.69) is 4.76 Å². The maximum atomic E-state index is 12.2. The van der Waals surface area contributed by atoms with Gasteiger partial charge in [0.15, 0.2) is 11.5 Å². The van der Waals surface area contributed by atoms with Gasteiger partial charge in [-0.2, -0.15) is 4.76 Å². The minimum absolute atomic E-state index is 0.0147. The van der Waals surface area contributed by atoms with E-state index in [1.54, 1.807) is 6.07 Å². The molecule has 0 radical (unpaired) electrons. The van der Waals surface area contributed by atoms with E-state index in [1.165, 1.54) is 21.3 Å². The van der Waals surface area contributed by atoms with Crippen LogP contribution in [0.25, 0.3) is 0 Å². The van der Waals surface area contributed by atoms with Gasteiger partial charge in [0.05, 0.1) is 13.2 Å². The number of methoxy groups -OCH3 is 1. The van der Waals surface area contributed by atoms with Crippen molar-refractivity contribution in [3.8, 4) is 11.5 Å². The van der Waals surface area contributed by atoms with Crippen molar-refractivity contribution < 1.29 is 23.5 Å². The van der Waals surface area contributed by atoms with Gasteiger partial charge in [0, 0.05) is 27.7 Å². The quantitative estimate of drug-likeness (QED) is 0.856. The summed E-state index contributed by atoms with van der Waals surface area (Å²) in [6, 6.07) is 3.45. The summed E-state index contributed by atoms with van der Waals surface area (Å²) in [5.41, 5.74) is 1.93. The Balaban J connectivity index is 2.48. The van der Waals surface area contributed by atoms with Crippen LogP contribution in [-0.2, 0) is 20.0 Å². The summed E-state index contributed by atoms with van der Waals surface area (Å²) in [6.07, 6.45) is 0.421. The topological polar surface area (TPSA) is 80.6 Å². The van der Waals surface area contributed by atoms with Crippen LogP contribution in [0.3, 0.4) is 0 Å². The van der Waals surface area contributed by atoms with Gasteiger partial charge < -0.3 is 14.7 Å². The first-order chi connectivity index (χ1) is 10.3. The molecule has 22 heavy (non-hydrogen) atoms. The lowest BCUT2D eigenvalue weighted by atomic mass is 9.92. The Morgan fingerprint density at radius 3 is 2.50 bits per heavy atom. The molecular formula is C14H21N2O5P. The van der Waals surface area contributed by atoms with Crippen LogP contribution in [0.5, 0.6) is 11.5 Å². The molecule has 7 nitrogen and oxygen atoms in total. The van der Waals surface area contributed by atoms with E-state index in [-0.39, 0.29) is 11.8 Å². The summed E-state index contributed by atoms with van der Waals surface area (Å²) in [6.45, 7) is 1.99. The number of amidine groups is 1. The first-order valence-electron chi connectivity index (χ1n) is 6.78. The molecule has 1 atom stereocenters. The molecule has 1 aromatic carbocycles. The monoisotopic (exact) mass is 328 g/mol. The number of benzene rings is 1. The summed E-state index contributed by atoms with van der Waals surface area (Å²) in [5.74, 6) is 1.08.